The predicted octanol–water partition coefficient (Wildman–Crippen LogP) is 5.20. The number of hydrogen-bond donors (Lipinski definition) is 2. The van der Waals surface area contributed by atoms with E-state index in [9.17, 15) is 18.3 Å². The number of benzene rings is 2. The van der Waals surface area contributed by atoms with Crippen LogP contribution in [0, 0.1) is 12.8 Å². The van der Waals surface area contributed by atoms with Crippen molar-refractivity contribution in [3.8, 4) is 11.1 Å². The van der Waals surface area contributed by atoms with Crippen LogP contribution in [-0.4, -0.2) is 32.1 Å². The lowest BCUT2D eigenvalue weighted by Crippen LogP contribution is -2.32. The van der Waals surface area contributed by atoms with Gasteiger partial charge in [-0.05, 0) is 92.3 Å². The van der Waals surface area contributed by atoms with Gasteiger partial charge in [0.25, 0.3) is 10.0 Å². The van der Waals surface area contributed by atoms with Crippen molar-refractivity contribution in [1.29, 1.82) is 0 Å². The maximum Gasteiger partial charge on any atom is 0.256 e. The summed E-state index contributed by atoms with van der Waals surface area (Å²) in [6.07, 6.45) is 2.90. The fourth-order valence-electron chi connectivity index (χ4n) is 5.49. The number of carbonyl (C=O) groups excluding carboxylic acids is 1. The quantitative estimate of drug-likeness (QED) is 0.553. The van der Waals surface area contributed by atoms with E-state index in [1.54, 1.807) is 18.2 Å². The van der Waals surface area contributed by atoms with Crippen LogP contribution in [0.1, 0.15) is 60.2 Å². The highest BCUT2D eigenvalue weighted by Crippen LogP contribution is 2.52. The normalized spacial score (nSPS) is 17.7. The average Bonchev–Trinajstić information content (AvgIpc) is 3.16. The Balaban J connectivity index is 1.95. The number of nitrogens with zero attached hydrogens (tertiary/aromatic N) is 1. The minimum atomic E-state index is -3.68. The minimum absolute atomic E-state index is 0.120. The second-order valence-electron chi connectivity index (χ2n) is 9.98. The summed E-state index contributed by atoms with van der Waals surface area (Å²) in [5.74, 6) is -0.412. The Bertz CT molecular complexity index is 1390. The summed E-state index contributed by atoms with van der Waals surface area (Å²) in [6.45, 7) is 8.96. The number of sulfonamides is 1. The van der Waals surface area contributed by atoms with Crippen molar-refractivity contribution in [1.82, 2.24) is 0 Å². The van der Waals surface area contributed by atoms with Crippen LogP contribution in [0.2, 0.25) is 5.02 Å². The van der Waals surface area contributed by atoms with Crippen molar-refractivity contribution in [2.75, 3.05) is 11.4 Å². The van der Waals surface area contributed by atoms with Crippen LogP contribution in [0.25, 0.3) is 16.7 Å². The van der Waals surface area contributed by atoms with Crippen LogP contribution in [0.15, 0.2) is 41.8 Å². The van der Waals surface area contributed by atoms with Crippen LogP contribution in [-0.2, 0) is 16.4 Å². The number of aliphatic hydroxyl groups is 1. The number of hydrogen-bond acceptors (Lipinski definition) is 4. The van der Waals surface area contributed by atoms with Crippen LogP contribution in [0.5, 0.6) is 0 Å². The highest BCUT2D eigenvalue weighted by Gasteiger charge is 2.38. The van der Waals surface area contributed by atoms with Crippen molar-refractivity contribution in [3.05, 3.63) is 69.1 Å². The Hall–Kier alpha value is -2.61. The number of primary amides is 1. The summed E-state index contributed by atoms with van der Waals surface area (Å²) in [5.41, 5.74) is 12.3. The molecular weight excluding hydrogens is 484 g/mol. The van der Waals surface area contributed by atoms with Crippen LogP contribution in [0.3, 0.4) is 0 Å². The molecule has 0 heterocycles. The maximum absolute atomic E-state index is 12.5. The van der Waals surface area contributed by atoms with Gasteiger partial charge in [-0.15, -0.1) is 0 Å². The first kappa shape index (κ1) is 25.5. The maximum atomic E-state index is 12.5. The molecule has 0 unspecified atom stereocenters. The SMILES string of the molecule is C=CS(=O)(=O)N(C)c1cccc(-c2c(Cl)cc(C(N)=O)c3c2C2=C(C3)C[C@H](C(C)(C)O)CC2)c1C. The molecule has 2 aromatic rings. The molecule has 0 aliphatic heterocycles. The van der Waals surface area contributed by atoms with Crippen LogP contribution in [0.4, 0.5) is 5.69 Å². The highest BCUT2D eigenvalue weighted by molar-refractivity contribution is 7.95. The van der Waals surface area contributed by atoms with Crippen molar-refractivity contribution in [2.45, 2.75) is 52.1 Å². The van der Waals surface area contributed by atoms with E-state index < -0.39 is 21.5 Å². The molecule has 2 aliphatic rings. The molecule has 1 atom stereocenters. The van der Waals surface area contributed by atoms with E-state index in [0.29, 0.717) is 22.7 Å². The van der Waals surface area contributed by atoms with E-state index in [1.165, 1.54) is 16.9 Å². The third kappa shape index (κ3) is 4.30. The molecule has 3 N–H and O–H groups in total. The van der Waals surface area contributed by atoms with Gasteiger partial charge in [-0.2, -0.15) is 0 Å². The lowest BCUT2D eigenvalue weighted by atomic mass is 9.75. The fraction of sp³-hybridized carbons (Fsp3) is 0.370. The first-order chi connectivity index (χ1) is 16.3. The largest absolute Gasteiger partial charge is 0.390 e. The van der Waals surface area contributed by atoms with Gasteiger partial charge < -0.3 is 10.8 Å². The summed E-state index contributed by atoms with van der Waals surface area (Å²) >= 11 is 6.83. The number of anilines is 1. The molecule has 0 radical (unpaired) electrons. The van der Waals surface area contributed by atoms with Gasteiger partial charge in [-0.3, -0.25) is 9.10 Å². The lowest BCUT2D eigenvalue weighted by molar-refractivity contribution is 0.0123. The van der Waals surface area contributed by atoms with E-state index in [-0.39, 0.29) is 5.92 Å². The molecule has 4 rings (SSSR count). The van der Waals surface area contributed by atoms with Gasteiger partial charge in [0.05, 0.1) is 11.3 Å². The molecule has 35 heavy (non-hydrogen) atoms. The Kier molecular flexibility index (Phi) is 6.41. The second kappa shape index (κ2) is 8.80. The number of carbonyl (C=O) groups is 1. The van der Waals surface area contributed by atoms with Gasteiger partial charge in [-0.25, -0.2) is 8.42 Å². The van der Waals surface area contributed by atoms with Crippen molar-refractivity contribution < 1.29 is 18.3 Å². The second-order valence-corrected chi connectivity index (χ2v) is 12.3. The van der Waals surface area contributed by atoms with E-state index in [1.807, 2.05) is 26.8 Å². The van der Waals surface area contributed by atoms with Crippen LogP contribution < -0.4 is 10.0 Å². The minimum Gasteiger partial charge on any atom is -0.390 e. The van der Waals surface area contributed by atoms with Crippen LogP contribution >= 0.6 is 11.6 Å². The summed E-state index contributed by atoms with van der Waals surface area (Å²) in [5, 5.41) is 11.9. The van der Waals surface area contributed by atoms with Crippen molar-refractivity contribution in [3.63, 3.8) is 0 Å². The summed E-state index contributed by atoms with van der Waals surface area (Å²) in [6, 6.07) is 7.08. The molecule has 0 bridgehead atoms. The summed E-state index contributed by atoms with van der Waals surface area (Å²) < 4.78 is 26.1. The number of allylic oxidation sites excluding steroid dienone is 2. The Morgan fingerprint density at radius 2 is 2.00 bits per heavy atom. The standard InChI is InChI=1S/C27H31ClN2O4S/c1-6-35(33,34)30(5)23-9-7-8-18(15(23)2)25-22(28)14-21(26(29)31)20-13-16-12-17(27(3,4)32)10-11-19(16)24(20)25/h6-9,14,17,32H,1,10-13H2,2-5H3,(H2,29,31)/t17-/m1/s1. The number of rotatable bonds is 6. The predicted molar refractivity (Wildman–Crippen MR) is 142 cm³/mol. The molecule has 2 aromatic carbocycles. The lowest BCUT2D eigenvalue weighted by Gasteiger charge is -2.33. The number of nitrogens with two attached hydrogens (primary N) is 1. The van der Waals surface area contributed by atoms with Crippen molar-refractivity contribution >= 4 is 38.8 Å². The zero-order valence-electron chi connectivity index (χ0n) is 20.5. The number of amides is 1. The van der Waals surface area contributed by atoms with Crippen molar-refractivity contribution in [2.24, 2.45) is 11.7 Å². The highest BCUT2D eigenvalue weighted by atomic mass is 35.5. The third-order valence-electron chi connectivity index (χ3n) is 7.51. The molecule has 1 amide bonds. The molecule has 186 valence electrons. The molecular formula is C27H31ClN2O4S. The monoisotopic (exact) mass is 514 g/mol. The zero-order chi connectivity index (χ0) is 25.9. The average molecular weight is 515 g/mol. The molecule has 0 saturated carbocycles. The van der Waals surface area contributed by atoms with Gasteiger partial charge in [0, 0.05) is 28.6 Å². The van der Waals surface area contributed by atoms with E-state index in [4.69, 9.17) is 17.3 Å². The van der Waals surface area contributed by atoms with E-state index >= 15 is 0 Å². The molecule has 0 aromatic heterocycles. The topological polar surface area (TPSA) is 101 Å². The van der Waals surface area contributed by atoms with Gasteiger partial charge >= 0.3 is 0 Å². The third-order valence-corrected chi connectivity index (χ3v) is 9.19. The van der Waals surface area contributed by atoms with E-state index in [0.717, 1.165) is 58.1 Å². The summed E-state index contributed by atoms with van der Waals surface area (Å²) in [7, 11) is -2.19. The van der Waals surface area contributed by atoms with Gasteiger partial charge in [0.15, 0.2) is 0 Å². The van der Waals surface area contributed by atoms with E-state index in [2.05, 4.69) is 6.58 Å². The molecule has 2 aliphatic carbocycles. The number of halogens is 1. The van der Waals surface area contributed by atoms with Gasteiger partial charge in [0.1, 0.15) is 0 Å². The Morgan fingerprint density at radius 1 is 1.31 bits per heavy atom. The molecule has 8 heteroatoms. The molecule has 0 fully saturated rings. The fourth-order valence-corrected chi connectivity index (χ4v) is 6.49. The molecule has 6 nitrogen and oxygen atoms in total. The zero-order valence-corrected chi connectivity index (χ0v) is 22.1. The van der Waals surface area contributed by atoms with Gasteiger partial charge in [-0.1, -0.05) is 35.9 Å². The summed E-state index contributed by atoms with van der Waals surface area (Å²) in [4.78, 5) is 12.4. The Morgan fingerprint density at radius 3 is 2.60 bits per heavy atom. The molecule has 0 spiro atoms. The molecule has 0 saturated heterocycles. The Labute approximate surface area is 212 Å². The number of fused-ring (bicyclic) bond motifs is 2. The first-order valence-electron chi connectivity index (χ1n) is 11.6. The first-order valence-corrected chi connectivity index (χ1v) is 13.5. The smallest absolute Gasteiger partial charge is 0.256 e. The van der Waals surface area contributed by atoms with Gasteiger partial charge in [0.2, 0.25) is 5.91 Å².